The number of halogens is 3. The fraction of sp³-hybridized carbons (Fsp3) is 0.333. The average molecular weight is 522 g/mol. The van der Waals surface area contributed by atoms with Crippen LogP contribution < -0.4 is 14.8 Å². The van der Waals surface area contributed by atoms with Crippen molar-refractivity contribution in [2.45, 2.75) is 18.9 Å². The summed E-state index contributed by atoms with van der Waals surface area (Å²) in [6.07, 6.45) is 3.69. The van der Waals surface area contributed by atoms with Gasteiger partial charge in [0.25, 0.3) is 11.7 Å². The molecule has 0 spiro atoms. The van der Waals surface area contributed by atoms with E-state index in [1.807, 2.05) is 0 Å². The van der Waals surface area contributed by atoms with Crippen molar-refractivity contribution in [1.29, 1.82) is 0 Å². The monoisotopic (exact) mass is 521 g/mol. The van der Waals surface area contributed by atoms with Crippen LogP contribution in [0.5, 0.6) is 11.5 Å². The average Bonchev–Trinajstić information content (AvgIpc) is 3.29. The van der Waals surface area contributed by atoms with Crippen LogP contribution in [0.2, 0.25) is 0 Å². The highest BCUT2D eigenvalue weighted by molar-refractivity contribution is 6.26. The quantitative estimate of drug-likeness (QED) is 0.354. The maximum Gasteiger partial charge on any atom is 0.269 e. The minimum Gasteiger partial charge on any atom is -0.494 e. The van der Waals surface area contributed by atoms with Gasteiger partial charge in [0.15, 0.2) is 28.7 Å². The van der Waals surface area contributed by atoms with Crippen molar-refractivity contribution in [3.05, 3.63) is 58.7 Å². The Morgan fingerprint density at radius 1 is 1.22 bits per heavy atom. The third-order valence-electron chi connectivity index (χ3n) is 5.81. The predicted molar refractivity (Wildman–Crippen MR) is 124 cm³/mol. The minimum atomic E-state index is -1.20. The molecule has 1 saturated heterocycles. The zero-order valence-corrected chi connectivity index (χ0v) is 20.1. The number of carbonyl (C=O) groups excluding carboxylic acids is 2. The molecule has 9 nitrogen and oxygen atoms in total. The summed E-state index contributed by atoms with van der Waals surface area (Å²) in [5.74, 6) is -5.14. The predicted octanol–water partition coefficient (Wildman–Crippen LogP) is 3.57. The van der Waals surface area contributed by atoms with Crippen LogP contribution >= 0.6 is 11.6 Å². The van der Waals surface area contributed by atoms with Crippen LogP contribution in [0.4, 0.5) is 8.78 Å². The van der Waals surface area contributed by atoms with Crippen LogP contribution in [0.1, 0.15) is 28.4 Å². The first-order chi connectivity index (χ1) is 17.4. The number of ether oxygens (including phenoxy) is 3. The highest BCUT2D eigenvalue weighted by Gasteiger charge is 2.30. The van der Waals surface area contributed by atoms with Crippen molar-refractivity contribution in [2.75, 3.05) is 27.4 Å². The van der Waals surface area contributed by atoms with Gasteiger partial charge in [0.2, 0.25) is 5.91 Å². The number of nitrogens with one attached hydrogen (secondary N) is 1. The van der Waals surface area contributed by atoms with Gasteiger partial charge in [-0.25, -0.2) is 13.8 Å². The first-order valence-electron chi connectivity index (χ1n) is 10.9. The summed E-state index contributed by atoms with van der Waals surface area (Å²) in [7, 11) is 2.36. The molecule has 0 radical (unpaired) electrons. The molecule has 1 aliphatic heterocycles. The van der Waals surface area contributed by atoms with E-state index in [1.54, 1.807) is 6.07 Å². The van der Waals surface area contributed by atoms with Gasteiger partial charge < -0.3 is 23.9 Å². The maximum atomic E-state index is 14.8. The molecule has 12 heteroatoms. The van der Waals surface area contributed by atoms with Crippen LogP contribution in [0.15, 0.2) is 34.4 Å². The Hall–Kier alpha value is -3.57. The van der Waals surface area contributed by atoms with E-state index in [9.17, 15) is 18.4 Å². The standard InChI is InChI=1S/C24H22ClF2N3O6/c1-33-17-9-18(34-2)22(27)20(21(17)26)23(32)24-30-15-10-28-13(8-16(15)36-24)7-12-11-35-6-4-14(12)29-19(31)3-5-25/h3,5,8-10,12,14H,4,6-7,11H2,1-2H3,(H,29,31). The number of carbonyl (C=O) groups is 2. The second kappa shape index (κ2) is 11.0. The molecule has 36 heavy (non-hydrogen) atoms. The Morgan fingerprint density at radius 2 is 1.94 bits per heavy atom. The lowest BCUT2D eigenvalue weighted by molar-refractivity contribution is -0.118. The van der Waals surface area contributed by atoms with E-state index in [-0.39, 0.29) is 40.5 Å². The maximum absolute atomic E-state index is 14.8. The molecule has 1 amide bonds. The number of oxazole rings is 1. The molecule has 0 saturated carbocycles. The Bertz CT molecular complexity index is 1300. The molecule has 3 aromatic rings. The zero-order chi connectivity index (χ0) is 25.8. The number of nitrogens with zero attached hydrogens (tertiary/aromatic N) is 2. The van der Waals surface area contributed by atoms with Gasteiger partial charge >= 0.3 is 0 Å². The van der Waals surface area contributed by atoms with E-state index < -0.39 is 28.9 Å². The molecule has 1 fully saturated rings. The van der Waals surface area contributed by atoms with Crippen LogP contribution in [0.3, 0.4) is 0 Å². The van der Waals surface area contributed by atoms with E-state index in [2.05, 4.69) is 15.3 Å². The van der Waals surface area contributed by atoms with Crippen molar-refractivity contribution >= 4 is 34.4 Å². The van der Waals surface area contributed by atoms with Crippen LogP contribution in [0.25, 0.3) is 11.1 Å². The van der Waals surface area contributed by atoms with Gasteiger partial charge in [0.05, 0.1) is 27.0 Å². The van der Waals surface area contributed by atoms with Crippen molar-refractivity contribution in [3.63, 3.8) is 0 Å². The SMILES string of the molecule is COc1cc(OC)c(F)c(C(=O)c2nc3cnc(CC4COCCC4NC(=O)C=CCl)cc3o2)c1F. The first kappa shape index (κ1) is 25.5. The molecule has 2 unspecified atom stereocenters. The van der Waals surface area contributed by atoms with Crippen molar-refractivity contribution in [1.82, 2.24) is 15.3 Å². The molecule has 4 rings (SSSR count). The van der Waals surface area contributed by atoms with Crippen molar-refractivity contribution in [3.8, 4) is 11.5 Å². The summed E-state index contributed by atoms with van der Waals surface area (Å²) < 4.78 is 50.4. The molecule has 0 bridgehead atoms. The minimum absolute atomic E-state index is 0.0761. The van der Waals surface area contributed by atoms with Gasteiger partial charge in [0, 0.05) is 48.0 Å². The molecular weight excluding hydrogens is 500 g/mol. The Balaban J connectivity index is 1.60. The molecule has 2 aromatic heterocycles. The van der Waals surface area contributed by atoms with E-state index in [0.29, 0.717) is 31.7 Å². The van der Waals surface area contributed by atoms with Gasteiger partial charge in [-0.2, -0.15) is 0 Å². The summed E-state index contributed by atoms with van der Waals surface area (Å²) in [6, 6.07) is 2.43. The van der Waals surface area contributed by atoms with Crippen LogP contribution in [0, 0.1) is 17.6 Å². The summed E-state index contributed by atoms with van der Waals surface area (Å²) >= 11 is 5.48. The van der Waals surface area contributed by atoms with E-state index >= 15 is 0 Å². The molecule has 2 atom stereocenters. The van der Waals surface area contributed by atoms with Gasteiger partial charge in [-0.05, 0) is 12.8 Å². The summed E-state index contributed by atoms with van der Waals surface area (Å²) in [5.41, 5.74) is 1.27. The number of fused-ring (bicyclic) bond motifs is 1. The van der Waals surface area contributed by atoms with Crippen LogP contribution in [-0.4, -0.2) is 55.1 Å². The molecule has 3 heterocycles. The third kappa shape index (κ3) is 5.17. The molecular formula is C24H22ClF2N3O6. The number of hydrogen-bond acceptors (Lipinski definition) is 8. The fourth-order valence-corrected chi connectivity index (χ4v) is 4.13. The van der Waals surface area contributed by atoms with E-state index in [4.69, 9.17) is 30.2 Å². The zero-order valence-electron chi connectivity index (χ0n) is 19.3. The Labute approximate surface area is 209 Å². The Kier molecular flexibility index (Phi) is 7.80. The van der Waals surface area contributed by atoms with E-state index in [0.717, 1.165) is 11.6 Å². The number of methoxy groups -OCH3 is 2. The topological polar surface area (TPSA) is 113 Å². The highest BCUT2D eigenvalue weighted by atomic mass is 35.5. The van der Waals surface area contributed by atoms with Gasteiger partial charge in [-0.3, -0.25) is 14.6 Å². The molecule has 1 N–H and O–H groups in total. The largest absolute Gasteiger partial charge is 0.494 e. The normalized spacial score (nSPS) is 17.9. The number of ketones is 1. The van der Waals surface area contributed by atoms with Gasteiger partial charge in [-0.1, -0.05) is 11.6 Å². The number of benzene rings is 1. The van der Waals surface area contributed by atoms with Crippen molar-refractivity contribution in [2.24, 2.45) is 5.92 Å². The Morgan fingerprint density at radius 3 is 2.61 bits per heavy atom. The fourth-order valence-electron chi connectivity index (χ4n) is 4.02. The smallest absolute Gasteiger partial charge is 0.269 e. The third-order valence-corrected chi connectivity index (χ3v) is 5.94. The second-order valence-electron chi connectivity index (χ2n) is 8.01. The summed E-state index contributed by atoms with van der Waals surface area (Å²) in [4.78, 5) is 33.3. The van der Waals surface area contributed by atoms with Gasteiger partial charge in [-0.15, -0.1) is 0 Å². The van der Waals surface area contributed by atoms with Crippen LogP contribution in [-0.2, 0) is 16.0 Å². The first-order valence-corrected chi connectivity index (χ1v) is 11.3. The number of aromatic nitrogens is 2. The number of amides is 1. The summed E-state index contributed by atoms with van der Waals surface area (Å²) in [6.45, 7) is 0.917. The number of hydrogen-bond donors (Lipinski definition) is 1. The van der Waals surface area contributed by atoms with E-state index in [1.165, 1.54) is 26.5 Å². The van der Waals surface area contributed by atoms with Crippen molar-refractivity contribution < 1.29 is 37.0 Å². The molecule has 1 aliphatic rings. The number of rotatable bonds is 8. The lowest BCUT2D eigenvalue weighted by Gasteiger charge is -2.31. The van der Waals surface area contributed by atoms with Gasteiger partial charge in [0.1, 0.15) is 11.1 Å². The lowest BCUT2D eigenvalue weighted by Crippen LogP contribution is -2.45. The number of pyridine rings is 1. The molecule has 0 aliphatic carbocycles. The highest BCUT2D eigenvalue weighted by Crippen LogP contribution is 2.33. The lowest BCUT2D eigenvalue weighted by atomic mass is 9.91. The molecule has 1 aromatic carbocycles. The molecule has 190 valence electrons. The second-order valence-corrected chi connectivity index (χ2v) is 8.26. The summed E-state index contributed by atoms with van der Waals surface area (Å²) in [5, 5.41) is 2.90.